The highest BCUT2D eigenvalue weighted by atomic mass is 79.9. The quantitative estimate of drug-likeness (QED) is 0.826. The van der Waals surface area contributed by atoms with Crippen molar-refractivity contribution in [2.24, 2.45) is 0 Å². The van der Waals surface area contributed by atoms with Crippen molar-refractivity contribution in [1.29, 1.82) is 0 Å². The van der Waals surface area contributed by atoms with E-state index in [-0.39, 0.29) is 6.42 Å². The van der Waals surface area contributed by atoms with Crippen molar-refractivity contribution in [3.05, 3.63) is 40.4 Å². The summed E-state index contributed by atoms with van der Waals surface area (Å²) < 4.78 is 6.00. The van der Waals surface area contributed by atoms with Gasteiger partial charge in [-0.3, -0.25) is 0 Å². The maximum absolute atomic E-state index is 11.6. The van der Waals surface area contributed by atoms with Crippen LogP contribution in [0.3, 0.4) is 0 Å². The Morgan fingerprint density at radius 3 is 2.64 bits per heavy atom. The molecule has 0 radical (unpaired) electrons. The third-order valence-corrected chi connectivity index (χ3v) is 3.01. The molecule has 6 heteroatoms. The molecule has 1 amide bonds. The van der Waals surface area contributed by atoms with Crippen molar-refractivity contribution >= 4 is 34.1 Å². The molecule has 1 aromatic carbocycles. The molecule has 120 valence electrons. The zero-order valence-corrected chi connectivity index (χ0v) is 14.4. The molecule has 0 unspecified atom stereocenters. The third-order valence-electron chi connectivity index (χ3n) is 2.52. The van der Waals surface area contributed by atoms with E-state index in [1.807, 2.05) is 24.3 Å². The minimum absolute atomic E-state index is 0.168. The number of amides is 1. The van der Waals surface area contributed by atoms with Gasteiger partial charge in [0, 0.05) is 4.47 Å². The number of benzene rings is 1. The number of hydrogen-bond acceptors (Lipinski definition) is 3. The fraction of sp³-hybridized carbons (Fsp3) is 0.375. The van der Waals surface area contributed by atoms with Gasteiger partial charge in [-0.1, -0.05) is 40.2 Å². The van der Waals surface area contributed by atoms with E-state index in [1.54, 1.807) is 32.9 Å². The molecular formula is C16H20BrNO4. The Hall–Kier alpha value is -1.82. The number of alkyl carbamates (subject to hydrolysis) is 1. The molecule has 0 saturated heterocycles. The number of hydrogen-bond donors (Lipinski definition) is 2. The maximum Gasteiger partial charge on any atom is 0.408 e. The van der Waals surface area contributed by atoms with Crippen LogP contribution >= 0.6 is 15.9 Å². The van der Waals surface area contributed by atoms with Gasteiger partial charge >= 0.3 is 12.1 Å². The van der Waals surface area contributed by atoms with Gasteiger partial charge < -0.3 is 15.2 Å². The van der Waals surface area contributed by atoms with Crippen LogP contribution in [0.1, 0.15) is 32.8 Å². The highest BCUT2D eigenvalue weighted by Gasteiger charge is 2.22. The van der Waals surface area contributed by atoms with E-state index in [0.29, 0.717) is 0 Å². The first kappa shape index (κ1) is 18.2. The van der Waals surface area contributed by atoms with E-state index in [1.165, 1.54) is 0 Å². The first-order chi connectivity index (χ1) is 10.2. The minimum atomic E-state index is -1.11. The molecule has 0 aliphatic rings. The van der Waals surface area contributed by atoms with Crippen LogP contribution in [0.15, 0.2) is 34.8 Å². The number of ether oxygens (including phenoxy) is 1. The van der Waals surface area contributed by atoms with E-state index in [4.69, 9.17) is 9.84 Å². The van der Waals surface area contributed by atoms with Gasteiger partial charge in [0.2, 0.25) is 0 Å². The Morgan fingerprint density at radius 2 is 2.09 bits per heavy atom. The second-order valence-electron chi connectivity index (χ2n) is 5.73. The molecular weight excluding hydrogens is 350 g/mol. The highest BCUT2D eigenvalue weighted by Crippen LogP contribution is 2.13. The molecule has 0 aromatic heterocycles. The molecule has 1 rings (SSSR count). The molecule has 2 N–H and O–H groups in total. The lowest BCUT2D eigenvalue weighted by Crippen LogP contribution is -2.43. The molecule has 22 heavy (non-hydrogen) atoms. The first-order valence-electron chi connectivity index (χ1n) is 6.82. The Morgan fingerprint density at radius 1 is 1.41 bits per heavy atom. The number of carboxylic acid groups (broad SMARTS) is 1. The first-order valence-corrected chi connectivity index (χ1v) is 7.61. The number of carboxylic acids is 1. The zero-order chi connectivity index (χ0) is 16.8. The van der Waals surface area contributed by atoms with Crippen LogP contribution in [-0.2, 0) is 9.53 Å². The largest absolute Gasteiger partial charge is 0.480 e. The van der Waals surface area contributed by atoms with Crippen molar-refractivity contribution in [2.45, 2.75) is 38.8 Å². The van der Waals surface area contributed by atoms with Crippen molar-refractivity contribution in [3.8, 4) is 0 Å². The summed E-state index contributed by atoms with van der Waals surface area (Å²) in [6.45, 7) is 5.15. The summed E-state index contributed by atoms with van der Waals surface area (Å²) in [6.07, 6.45) is 2.94. The van der Waals surface area contributed by atoms with Gasteiger partial charge in [-0.15, -0.1) is 0 Å². The number of halogens is 1. The lowest BCUT2D eigenvalue weighted by Gasteiger charge is -2.21. The number of aliphatic carboxylic acids is 1. The monoisotopic (exact) mass is 369 g/mol. The minimum Gasteiger partial charge on any atom is -0.480 e. The lowest BCUT2D eigenvalue weighted by atomic mass is 10.1. The number of carbonyl (C=O) groups is 2. The molecule has 5 nitrogen and oxygen atoms in total. The Balaban J connectivity index is 2.61. The predicted octanol–water partition coefficient (Wildman–Crippen LogP) is 3.83. The molecule has 1 atom stereocenters. The van der Waals surface area contributed by atoms with E-state index < -0.39 is 23.7 Å². The fourth-order valence-electron chi connectivity index (χ4n) is 1.62. The second kappa shape index (κ2) is 7.98. The van der Waals surface area contributed by atoms with Crippen LogP contribution in [0.4, 0.5) is 4.79 Å². The maximum atomic E-state index is 11.6. The number of carbonyl (C=O) groups excluding carboxylic acids is 1. The van der Waals surface area contributed by atoms with Crippen molar-refractivity contribution < 1.29 is 19.4 Å². The SMILES string of the molecule is CC(C)(C)OC(=O)N[C@@H](CC=Cc1cccc(Br)c1)C(=O)O. The Kier molecular flexibility index (Phi) is 6.61. The number of nitrogens with one attached hydrogen (secondary N) is 1. The second-order valence-corrected chi connectivity index (χ2v) is 6.65. The zero-order valence-electron chi connectivity index (χ0n) is 12.8. The van der Waals surface area contributed by atoms with Crippen LogP contribution < -0.4 is 5.32 Å². The molecule has 0 aliphatic heterocycles. The van der Waals surface area contributed by atoms with Gasteiger partial charge in [-0.2, -0.15) is 0 Å². The summed E-state index contributed by atoms with van der Waals surface area (Å²) in [5.41, 5.74) is 0.273. The summed E-state index contributed by atoms with van der Waals surface area (Å²) in [5.74, 6) is -1.11. The van der Waals surface area contributed by atoms with Crippen molar-refractivity contribution in [2.75, 3.05) is 0 Å². The average molecular weight is 370 g/mol. The highest BCUT2D eigenvalue weighted by molar-refractivity contribution is 9.10. The molecule has 1 aromatic rings. The summed E-state index contributed by atoms with van der Waals surface area (Å²) in [7, 11) is 0. The average Bonchev–Trinajstić information content (AvgIpc) is 2.35. The lowest BCUT2D eigenvalue weighted by molar-refractivity contribution is -0.139. The van der Waals surface area contributed by atoms with Gasteiger partial charge in [-0.05, 0) is 44.9 Å². The summed E-state index contributed by atoms with van der Waals surface area (Å²) in [6, 6.07) is 6.57. The molecule has 0 spiro atoms. The summed E-state index contributed by atoms with van der Waals surface area (Å²) in [5, 5.41) is 11.5. The molecule has 0 aliphatic carbocycles. The van der Waals surface area contributed by atoms with E-state index in [0.717, 1.165) is 10.0 Å². The smallest absolute Gasteiger partial charge is 0.408 e. The van der Waals surface area contributed by atoms with Crippen LogP contribution in [-0.4, -0.2) is 28.8 Å². The predicted molar refractivity (Wildman–Crippen MR) is 88.6 cm³/mol. The van der Waals surface area contributed by atoms with Gasteiger partial charge in [0.15, 0.2) is 0 Å². The summed E-state index contributed by atoms with van der Waals surface area (Å²) in [4.78, 5) is 22.8. The van der Waals surface area contributed by atoms with E-state index >= 15 is 0 Å². The van der Waals surface area contributed by atoms with Gasteiger partial charge in [0.25, 0.3) is 0 Å². The van der Waals surface area contributed by atoms with Crippen molar-refractivity contribution in [1.82, 2.24) is 5.32 Å². The van der Waals surface area contributed by atoms with Gasteiger partial charge in [0.05, 0.1) is 0 Å². The normalized spacial score (nSPS) is 12.9. The van der Waals surface area contributed by atoms with E-state index in [2.05, 4.69) is 21.2 Å². The molecule has 0 bridgehead atoms. The van der Waals surface area contributed by atoms with Crippen LogP contribution in [0.2, 0.25) is 0 Å². The fourth-order valence-corrected chi connectivity index (χ4v) is 2.04. The van der Waals surface area contributed by atoms with Crippen LogP contribution in [0.25, 0.3) is 6.08 Å². The Bertz CT molecular complexity index is 564. The van der Waals surface area contributed by atoms with Gasteiger partial charge in [0.1, 0.15) is 11.6 Å². The van der Waals surface area contributed by atoms with Gasteiger partial charge in [-0.25, -0.2) is 9.59 Å². The molecule has 0 fully saturated rings. The summed E-state index contributed by atoms with van der Waals surface area (Å²) >= 11 is 3.37. The number of rotatable bonds is 5. The standard InChI is InChI=1S/C16H20BrNO4/c1-16(2,3)22-15(21)18-13(14(19)20)9-5-7-11-6-4-8-12(17)10-11/h4-8,10,13H,9H2,1-3H3,(H,18,21)(H,19,20)/t13-/m0/s1. The molecule has 0 saturated carbocycles. The van der Waals surface area contributed by atoms with Crippen molar-refractivity contribution in [3.63, 3.8) is 0 Å². The van der Waals surface area contributed by atoms with E-state index in [9.17, 15) is 9.59 Å². The van der Waals surface area contributed by atoms with Crippen LogP contribution in [0, 0.1) is 0 Å². The third kappa shape index (κ3) is 7.26. The Labute approximate surface area is 138 Å². The topological polar surface area (TPSA) is 75.6 Å². The molecule has 0 heterocycles. The van der Waals surface area contributed by atoms with Crippen LogP contribution in [0.5, 0.6) is 0 Å².